The van der Waals surface area contributed by atoms with Crippen LogP contribution in [0, 0.1) is 0 Å². The third-order valence-electron chi connectivity index (χ3n) is 12.2. The summed E-state index contributed by atoms with van der Waals surface area (Å²) >= 11 is 0. The van der Waals surface area contributed by atoms with Crippen molar-refractivity contribution >= 4 is 11.9 Å². The number of carbonyl (C=O) groups is 2. The molecule has 0 aromatic heterocycles. The van der Waals surface area contributed by atoms with Crippen LogP contribution in [0.1, 0.15) is 290 Å². The summed E-state index contributed by atoms with van der Waals surface area (Å²) in [5.41, 5.74) is 0. The number of ether oxygens (including phenoxy) is 1. The number of nitrogens with one attached hydrogen (secondary N) is 1. The zero-order chi connectivity index (χ0) is 41.7. The summed E-state index contributed by atoms with van der Waals surface area (Å²) in [6.07, 6.45) is 48.7. The average molecular weight is 808 g/mol. The molecule has 3 N–H and O–H groups in total. The van der Waals surface area contributed by atoms with Crippen molar-refractivity contribution in [3.05, 3.63) is 0 Å². The second kappa shape index (κ2) is 45.9. The molecule has 0 aromatic rings. The van der Waals surface area contributed by atoms with E-state index in [0.29, 0.717) is 19.3 Å². The molecule has 6 nitrogen and oxygen atoms in total. The molecular formula is C51H101NO5. The van der Waals surface area contributed by atoms with E-state index in [1.165, 1.54) is 199 Å². The lowest BCUT2D eigenvalue weighted by Gasteiger charge is -2.24. The number of aliphatic hydroxyl groups is 2. The molecule has 0 saturated heterocycles. The summed E-state index contributed by atoms with van der Waals surface area (Å²) in [6.45, 7) is 6.50. The number of carbonyl (C=O) groups excluding carboxylic acids is 2. The van der Waals surface area contributed by atoms with E-state index >= 15 is 0 Å². The number of aliphatic hydroxyl groups excluding tert-OH is 2. The van der Waals surface area contributed by atoms with Crippen LogP contribution in [0.25, 0.3) is 0 Å². The minimum absolute atomic E-state index is 0.0876. The molecule has 0 bridgehead atoms. The van der Waals surface area contributed by atoms with Crippen molar-refractivity contribution in [1.29, 1.82) is 0 Å². The predicted octanol–water partition coefficient (Wildman–Crippen LogP) is 15.2. The van der Waals surface area contributed by atoms with E-state index in [1.54, 1.807) is 0 Å². The Kier molecular flexibility index (Phi) is 45.0. The number of hydrogen-bond acceptors (Lipinski definition) is 5. The largest absolute Gasteiger partial charge is 0.462 e. The van der Waals surface area contributed by atoms with Gasteiger partial charge in [-0.1, -0.05) is 252 Å². The molecule has 0 radical (unpaired) electrons. The highest BCUT2D eigenvalue weighted by atomic mass is 16.5. The lowest BCUT2D eigenvalue weighted by molar-refractivity contribution is -0.151. The van der Waals surface area contributed by atoms with Crippen molar-refractivity contribution in [3.8, 4) is 0 Å². The van der Waals surface area contributed by atoms with Crippen molar-refractivity contribution in [3.63, 3.8) is 0 Å². The van der Waals surface area contributed by atoms with Crippen LogP contribution in [0.5, 0.6) is 0 Å². The molecule has 0 rings (SSSR count). The highest BCUT2D eigenvalue weighted by Gasteiger charge is 2.24. The van der Waals surface area contributed by atoms with E-state index in [-0.39, 0.29) is 24.9 Å². The van der Waals surface area contributed by atoms with Crippen molar-refractivity contribution in [2.24, 2.45) is 0 Å². The molecule has 0 spiro atoms. The Bertz CT molecular complexity index is 821. The molecule has 0 heterocycles. The minimum atomic E-state index is -0.778. The van der Waals surface area contributed by atoms with Crippen molar-refractivity contribution in [2.45, 2.75) is 309 Å². The molecular weight excluding hydrogens is 707 g/mol. The van der Waals surface area contributed by atoms with Gasteiger partial charge in [-0.2, -0.15) is 0 Å². The summed E-state index contributed by atoms with van der Waals surface area (Å²) in [4.78, 5) is 26.1. The molecule has 0 aliphatic rings. The Labute approximate surface area is 356 Å². The second-order valence-corrected chi connectivity index (χ2v) is 17.9. The number of esters is 1. The van der Waals surface area contributed by atoms with Gasteiger partial charge in [0, 0.05) is 6.42 Å². The molecule has 0 aliphatic heterocycles. The first-order chi connectivity index (χ1) is 28.0. The predicted molar refractivity (Wildman–Crippen MR) is 246 cm³/mol. The molecule has 0 fully saturated rings. The van der Waals surface area contributed by atoms with Gasteiger partial charge in [-0.25, -0.2) is 0 Å². The van der Waals surface area contributed by atoms with Crippen LogP contribution in [0.3, 0.4) is 0 Å². The van der Waals surface area contributed by atoms with Crippen molar-refractivity contribution < 1.29 is 24.5 Å². The summed E-state index contributed by atoms with van der Waals surface area (Å²) in [5.74, 6) is -0.453. The summed E-state index contributed by atoms with van der Waals surface area (Å²) in [6, 6.07) is -0.691. The molecule has 6 heteroatoms. The molecule has 340 valence electrons. The van der Waals surface area contributed by atoms with Crippen LogP contribution in [0.15, 0.2) is 0 Å². The van der Waals surface area contributed by atoms with E-state index in [9.17, 15) is 19.8 Å². The summed E-state index contributed by atoms with van der Waals surface area (Å²) < 4.78 is 5.93. The Hall–Kier alpha value is -1.14. The Morgan fingerprint density at radius 2 is 0.737 bits per heavy atom. The number of amides is 1. The van der Waals surface area contributed by atoms with Crippen LogP contribution >= 0.6 is 0 Å². The normalized spacial score (nSPS) is 13.1. The first kappa shape index (κ1) is 55.9. The first-order valence-electron chi connectivity index (χ1n) is 25.8. The van der Waals surface area contributed by atoms with Crippen LogP contribution in [-0.4, -0.2) is 46.9 Å². The summed E-state index contributed by atoms with van der Waals surface area (Å²) in [5, 5.41) is 23.8. The minimum Gasteiger partial charge on any atom is -0.462 e. The van der Waals surface area contributed by atoms with Crippen molar-refractivity contribution in [1.82, 2.24) is 5.32 Å². The van der Waals surface area contributed by atoms with Crippen LogP contribution in [0.4, 0.5) is 0 Å². The van der Waals surface area contributed by atoms with Gasteiger partial charge in [0.25, 0.3) is 0 Å². The SMILES string of the molecule is CCCCCCCCCCCCCCCCCC(CC(=O)NC(CO)C(O)CCCCCCCCCCCCCCC)OC(=O)CCCCCCCCCCCC. The third-order valence-corrected chi connectivity index (χ3v) is 12.2. The maximum Gasteiger partial charge on any atom is 0.306 e. The fourth-order valence-corrected chi connectivity index (χ4v) is 8.26. The van der Waals surface area contributed by atoms with Crippen molar-refractivity contribution in [2.75, 3.05) is 6.61 Å². The van der Waals surface area contributed by atoms with E-state index < -0.39 is 18.2 Å². The van der Waals surface area contributed by atoms with Gasteiger partial charge in [-0.3, -0.25) is 9.59 Å². The highest BCUT2D eigenvalue weighted by molar-refractivity contribution is 5.77. The van der Waals surface area contributed by atoms with Crippen LogP contribution in [0.2, 0.25) is 0 Å². The number of rotatable bonds is 47. The molecule has 0 aromatic carbocycles. The van der Waals surface area contributed by atoms with Gasteiger partial charge in [0.15, 0.2) is 0 Å². The van der Waals surface area contributed by atoms with E-state index in [1.807, 2.05) is 0 Å². The molecule has 3 atom stereocenters. The van der Waals surface area contributed by atoms with E-state index in [0.717, 1.165) is 44.9 Å². The monoisotopic (exact) mass is 808 g/mol. The Morgan fingerprint density at radius 1 is 0.439 bits per heavy atom. The topological polar surface area (TPSA) is 95.9 Å². The average Bonchev–Trinajstić information content (AvgIpc) is 3.20. The van der Waals surface area contributed by atoms with Gasteiger partial charge in [0.1, 0.15) is 6.10 Å². The van der Waals surface area contributed by atoms with E-state index in [4.69, 9.17) is 4.74 Å². The fourth-order valence-electron chi connectivity index (χ4n) is 8.26. The Morgan fingerprint density at radius 3 is 1.07 bits per heavy atom. The van der Waals surface area contributed by atoms with Crippen LogP contribution in [-0.2, 0) is 14.3 Å². The fraction of sp³-hybridized carbons (Fsp3) is 0.961. The van der Waals surface area contributed by atoms with Gasteiger partial charge in [0.05, 0.1) is 25.2 Å². The van der Waals surface area contributed by atoms with E-state index in [2.05, 4.69) is 26.1 Å². The molecule has 0 aliphatic carbocycles. The number of unbranched alkanes of at least 4 members (excludes halogenated alkanes) is 35. The zero-order valence-corrected chi connectivity index (χ0v) is 38.8. The maximum atomic E-state index is 13.2. The molecule has 3 unspecified atom stereocenters. The first-order valence-corrected chi connectivity index (χ1v) is 25.8. The molecule has 0 saturated carbocycles. The van der Waals surface area contributed by atoms with Crippen LogP contribution < -0.4 is 5.32 Å². The third kappa shape index (κ3) is 41.4. The quantitative estimate of drug-likeness (QED) is 0.0420. The smallest absolute Gasteiger partial charge is 0.306 e. The Balaban J connectivity index is 4.50. The standard InChI is InChI=1S/C51H101NO5/c1-4-7-10-13-16-19-22-24-25-27-28-30-33-36-39-42-47(57-51(56)44-41-38-35-32-21-18-15-12-9-6-3)45-50(55)52-48(46-53)49(54)43-40-37-34-31-29-26-23-20-17-14-11-8-5-2/h47-49,53-54H,4-46H2,1-3H3,(H,52,55). The summed E-state index contributed by atoms with van der Waals surface area (Å²) in [7, 11) is 0. The second-order valence-electron chi connectivity index (χ2n) is 17.9. The molecule has 57 heavy (non-hydrogen) atoms. The molecule has 1 amide bonds. The number of hydrogen-bond donors (Lipinski definition) is 3. The lowest BCUT2D eigenvalue weighted by atomic mass is 10.0. The zero-order valence-electron chi connectivity index (χ0n) is 38.8. The highest BCUT2D eigenvalue weighted by Crippen LogP contribution is 2.19. The van der Waals surface area contributed by atoms with Gasteiger partial charge in [-0.05, 0) is 25.7 Å². The van der Waals surface area contributed by atoms with Gasteiger partial charge < -0.3 is 20.3 Å². The van der Waals surface area contributed by atoms with Gasteiger partial charge in [0.2, 0.25) is 5.91 Å². The van der Waals surface area contributed by atoms with Gasteiger partial charge in [-0.15, -0.1) is 0 Å². The maximum absolute atomic E-state index is 13.2. The van der Waals surface area contributed by atoms with Gasteiger partial charge >= 0.3 is 5.97 Å². The lowest BCUT2D eigenvalue weighted by Crippen LogP contribution is -2.46.